The molecule has 1 fully saturated rings. The van der Waals surface area contributed by atoms with Crippen molar-refractivity contribution in [1.82, 2.24) is 10.6 Å². The number of aliphatic imine (C=N–C) groups is 1. The molecule has 0 radical (unpaired) electrons. The first kappa shape index (κ1) is 23.4. The quantitative estimate of drug-likeness (QED) is 0.190. The predicted octanol–water partition coefficient (Wildman–Crippen LogP) is 1.70. The van der Waals surface area contributed by atoms with Gasteiger partial charge in [-0.05, 0) is 40.0 Å². The molecule has 0 amide bonds. The zero-order valence-corrected chi connectivity index (χ0v) is 17.6. The van der Waals surface area contributed by atoms with Crippen LogP contribution in [0.15, 0.2) is 4.99 Å². The van der Waals surface area contributed by atoms with Crippen LogP contribution in [0.3, 0.4) is 0 Å². The van der Waals surface area contributed by atoms with Gasteiger partial charge in [0.2, 0.25) is 0 Å². The Hall–Kier alpha value is -0.610. The first-order chi connectivity index (χ1) is 10.9. The van der Waals surface area contributed by atoms with E-state index in [9.17, 15) is 4.79 Å². The van der Waals surface area contributed by atoms with Gasteiger partial charge in [0.25, 0.3) is 0 Å². The first-order valence-corrected chi connectivity index (χ1v) is 8.26. The van der Waals surface area contributed by atoms with Gasteiger partial charge in [0, 0.05) is 26.8 Å². The summed E-state index contributed by atoms with van der Waals surface area (Å²) in [6.07, 6.45) is 3.36. The number of esters is 1. The molecule has 0 aromatic carbocycles. The zero-order valence-electron chi connectivity index (χ0n) is 15.2. The van der Waals surface area contributed by atoms with Crippen molar-refractivity contribution in [3.05, 3.63) is 0 Å². The molecule has 1 aliphatic heterocycles. The van der Waals surface area contributed by atoms with Crippen LogP contribution in [-0.2, 0) is 19.0 Å². The maximum absolute atomic E-state index is 11.6. The number of carbonyl (C=O) groups is 1. The third-order valence-electron chi connectivity index (χ3n) is 3.13. The molecule has 0 aliphatic carbocycles. The minimum Gasteiger partial charge on any atom is -0.459 e. The molecule has 24 heavy (non-hydrogen) atoms. The van der Waals surface area contributed by atoms with E-state index in [0.717, 1.165) is 32.4 Å². The Kier molecular flexibility index (Phi) is 12.4. The minimum atomic E-state index is -0.476. The summed E-state index contributed by atoms with van der Waals surface area (Å²) in [6, 6.07) is 0. The van der Waals surface area contributed by atoms with Gasteiger partial charge in [-0.2, -0.15) is 0 Å². The molecule has 1 saturated heterocycles. The van der Waals surface area contributed by atoms with Crippen molar-refractivity contribution in [2.24, 2.45) is 4.99 Å². The summed E-state index contributed by atoms with van der Waals surface area (Å²) < 4.78 is 16.3. The van der Waals surface area contributed by atoms with E-state index in [0.29, 0.717) is 19.2 Å². The van der Waals surface area contributed by atoms with E-state index < -0.39 is 5.60 Å². The fraction of sp³-hybridized carbons (Fsp3) is 0.875. The Bertz CT molecular complexity index is 380. The maximum Gasteiger partial charge on any atom is 0.325 e. The van der Waals surface area contributed by atoms with Gasteiger partial charge in [-0.25, -0.2) is 0 Å². The maximum atomic E-state index is 11.6. The number of guanidine groups is 1. The topological polar surface area (TPSA) is 81.2 Å². The van der Waals surface area contributed by atoms with Crippen molar-refractivity contribution < 1.29 is 19.0 Å². The van der Waals surface area contributed by atoms with Crippen molar-refractivity contribution in [3.8, 4) is 0 Å². The monoisotopic (exact) mass is 457 g/mol. The number of nitrogens with zero attached hydrogens (tertiary/aromatic N) is 1. The summed E-state index contributed by atoms with van der Waals surface area (Å²) >= 11 is 0. The molecule has 142 valence electrons. The lowest BCUT2D eigenvalue weighted by Crippen LogP contribution is -2.42. The SMILES string of the molecule is CN=C(NCCCOCC1CCCO1)NCC(=O)OC(C)(C)C.I. The van der Waals surface area contributed by atoms with Gasteiger partial charge in [0.1, 0.15) is 12.1 Å². The van der Waals surface area contributed by atoms with Gasteiger partial charge < -0.3 is 24.8 Å². The van der Waals surface area contributed by atoms with Crippen LogP contribution in [-0.4, -0.2) is 63.6 Å². The molecule has 8 heteroatoms. The Morgan fingerprint density at radius 1 is 1.33 bits per heavy atom. The number of rotatable bonds is 8. The molecular formula is C16H32IN3O4. The highest BCUT2D eigenvalue weighted by atomic mass is 127. The Morgan fingerprint density at radius 2 is 2.08 bits per heavy atom. The van der Waals surface area contributed by atoms with Gasteiger partial charge in [0.15, 0.2) is 5.96 Å². The lowest BCUT2D eigenvalue weighted by Gasteiger charge is -2.20. The molecule has 0 aromatic heterocycles. The summed E-state index contributed by atoms with van der Waals surface area (Å²) in [6.45, 7) is 8.54. The van der Waals surface area contributed by atoms with E-state index in [1.807, 2.05) is 20.8 Å². The van der Waals surface area contributed by atoms with Crippen LogP contribution in [0.5, 0.6) is 0 Å². The molecular weight excluding hydrogens is 425 g/mol. The second kappa shape index (κ2) is 12.7. The second-order valence-electron chi connectivity index (χ2n) is 6.50. The number of hydrogen-bond donors (Lipinski definition) is 2. The van der Waals surface area contributed by atoms with E-state index in [1.165, 1.54) is 0 Å². The second-order valence-corrected chi connectivity index (χ2v) is 6.50. The normalized spacial score (nSPS) is 18.0. The Labute approximate surface area is 162 Å². The summed E-state index contributed by atoms with van der Waals surface area (Å²) in [5, 5.41) is 6.07. The largest absolute Gasteiger partial charge is 0.459 e. The standard InChI is InChI=1S/C16H31N3O4.HI/c1-16(2,3)23-14(20)11-19-15(17-4)18-8-6-9-21-12-13-7-5-10-22-13;/h13H,5-12H2,1-4H3,(H2,17,18,19);1H. The van der Waals surface area contributed by atoms with Crippen LogP contribution in [0.4, 0.5) is 0 Å². The lowest BCUT2D eigenvalue weighted by atomic mass is 10.2. The summed E-state index contributed by atoms with van der Waals surface area (Å²) in [5.41, 5.74) is -0.476. The minimum absolute atomic E-state index is 0. The van der Waals surface area contributed by atoms with Gasteiger partial charge >= 0.3 is 5.97 Å². The molecule has 7 nitrogen and oxygen atoms in total. The van der Waals surface area contributed by atoms with Gasteiger partial charge in [-0.1, -0.05) is 0 Å². The fourth-order valence-corrected chi connectivity index (χ4v) is 2.13. The number of nitrogens with one attached hydrogen (secondary N) is 2. The van der Waals surface area contributed by atoms with Crippen LogP contribution >= 0.6 is 24.0 Å². The van der Waals surface area contributed by atoms with Crippen molar-refractivity contribution in [1.29, 1.82) is 0 Å². The highest BCUT2D eigenvalue weighted by molar-refractivity contribution is 14.0. The van der Waals surface area contributed by atoms with Gasteiger partial charge in [-0.15, -0.1) is 24.0 Å². The average Bonchev–Trinajstić information content (AvgIpc) is 2.97. The molecule has 0 bridgehead atoms. The van der Waals surface area contributed by atoms with Gasteiger partial charge in [0.05, 0.1) is 12.7 Å². The van der Waals surface area contributed by atoms with Crippen LogP contribution in [0.25, 0.3) is 0 Å². The first-order valence-electron chi connectivity index (χ1n) is 8.26. The van der Waals surface area contributed by atoms with Gasteiger partial charge in [-0.3, -0.25) is 9.79 Å². The molecule has 1 heterocycles. The Balaban J connectivity index is 0.00000529. The number of halogens is 1. The summed E-state index contributed by atoms with van der Waals surface area (Å²) in [7, 11) is 1.67. The van der Waals surface area contributed by atoms with Crippen LogP contribution in [0, 0.1) is 0 Å². The lowest BCUT2D eigenvalue weighted by molar-refractivity contribution is -0.153. The zero-order chi connectivity index (χ0) is 17.1. The predicted molar refractivity (Wildman–Crippen MR) is 105 cm³/mol. The van der Waals surface area contributed by atoms with E-state index in [2.05, 4.69) is 15.6 Å². The van der Waals surface area contributed by atoms with Crippen LogP contribution in [0.1, 0.15) is 40.0 Å². The molecule has 0 saturated carbocycles. The third kappa shape index (κ3) is 11.9. The van der Waals surface area contributed by atoms with Crippen LogP contribution < -0.4 is 10.6 Å². The van der Waals surface area contributed by atoms with Crippen molar-refractivity contribution in [2.45, 2.75) is 51.7 Å². The molecule has 2 N–H and O–H groups in total. The van der Waals surface area contributed by atoms with Crippen LogP contribution in [0.2, 0.25) is 0 Å². The molecule has 1 unspecified atom stereocenters. The van der Waals surface area contributed by atoms with E-state index in [4.69, 9.17) is 14.2 Å². The summed E-state index contributed by atoms with van der Waals surface area (Å²) in [4.78, 5) is 15.7. The molecule has 1 aliphatic rings. The number of carbonyl (C=O) groups excluding carboxylic acids is 1. The Morgan fingerprint density at radius 3 is 2.67 bits per heavy atom. The molecule has 1 atom stereocenters. The van der Waals surface area contributed by atoms with Crippen molar-refractivity contribution >= 4 is 35.9 Å². The summed E-state index contributed by atoms with van der Waals surface area (Å²) in [5.74, 6) is 0.273. The number of ether oxygens (including phenoxy) is 3. The smallest absolute Gasteiger partial charge is 0.325 e. The van der Waals surface area contributed by atoms with E-state index in [-0.39, 0.29) is 42.6 Å². The molecule has 1 rings (SSSR count). The van der Waals surface area contributed by atoms with Crippen molar-refractivity contribution in [2.75, 3.05) is 40.0 Å². The van der Waals surface area contributed by atoms with Crippen molar-refractivity contribution in [3.63, 3.8) is 0 Å². The number of hydrogen-bond acceptors (Lipinski definition) is 5. The van der Waals surface area contributed by atoms with E-state index in [1.54, 1.807) is 7.05 Å². The highest BCUT2D eigenvalue weighted by Gasteiger charge is 2.16. The average molecular weight is 457 g/mol. The third-order valence-corrected chi connectivity index (χ3v) is 3.13. The van der Waals surface area contributed by atoms with E-state index >= 15 is 0 Å². The fourth-order valence-electron chi connectivity index (χ4n) is 2.13. The highest BCUT2D eigenvalue weighted by Crippen LogP contribution is 2.11. The molecule has 0 spiro atoms. The molecule has 0 aromatic rings.